The molecule has 0 spiro atoms. The smallest absolute Gasteiger partial charge is 0.337 e. The molecule has 5 aromatic heterocycles. The van der Waals surface area contributed by atoms with Crippen LogP contribution in [0.1, 0.15) is 65.7 Å². The lowest BCUT2D eigenvalue weighted by molar-refractivity contribution is 0.0592. The lowest BCUT2D eigenvalue weighted by atomic mass is 10.0. The van der Waals surface area contributed by atoms with E-state index in [0.717, 1.165) is 55.4 Å². The molecule has 2 aromatic carbocycles. The molecule has 10 nitrogen and oxygen atoms in total. The summed E-state index contributed by atoms with van der Waals surface area (Å²) in [6.07, 6.45) is 14.7. The van der Waals surface area contributed by atoms with Gasteiger partial charge in [0.2, 0.25) is 0 Å². The first-order chi connectivity index (χ1) is 29.4. The van der Waals surface area contributed by atoms with E-state index in [1.165, 1.54) is 14.2 Å². The van der Waals surface area contributed by atoms with Gasteiger partial charge in [0.1, 0.15) is 0 Å². The number of carbonyl (C=O) groups excluding carboxylic acids is 2. The van der Waals surface area contributed by atoms with Crippen molar-refractivity contribution < 1.29 is 19.1 Å². The Morgan fingerprint density at radius 1 is 0.450 bits per heavy atom. The molecule has 60 heavy (non-hydrogen) atoms. The van der Waals surface area contributed by atoms with E-state index >= 15 is 0 Å². The Morgan fingerprint density at radius 2 is 0.817 bits per heavy atom. The van der Waals surface area contributed by atoms with E-state index in [-0.39, 0.29) is 0 Å². The Hall–Kier alpha value is -8.60. The molecule has 0 atom stereocenters. The Balaban J connectivity index is 1.39. The van der Waals surface area contributed by atoms with Crippen LogP contribution in [-0.2, 0) is 9.47 Å². The number of H-pyrrole nitrogens is 2. The molecule has 7 aromatic rings. The van der Waals surface area contributed by atoms with Crippen LogP contribution >= 0.6 is 0 Å². The average Bonchev–Trinajstić information content (AvgIpc) is 4.15. The topological polar surface area (TPSA) is 136 Å². The standard InChI is InChI=1S/C50H32N6O4/c1-59-49(57)35-9-5-33(6-10-35)47-43-19-15-39(53-43)37(13-3-31-23-27-51-28-24-31)41-17-21-45(55-41)48(34-7-11-36(12-8-34)50(58)60-2)46-22-18-42(56-46)38(40-16-20-44(47)54-40)14-4-32-25-29-52-30-26-32/h5-12,15-30,53,56H,1-2H3. The Kier molecular flexibility index (Phi) is 9.93. The number of nitrogens with zero attached hydrogens (tertiary/aromatic N) is 4. The first kappa shape index (κ1) is 37.0. The van der Waals surface area contributed by atoms with E-state index in [0.29, 0.717) is 45.0 Å². The summed E-state index contributed by atoms with van der Waals surface area (Å²) in [7, 11) is 2.72. The number of nitrogens with one attached hydrogen (secondary N) is 2. The number of rotatable bonds is 4. The van der Waals surface area contributed by atoms with Gasteiger partial charge in [-0.3, -0.25) is 9.97 Å². The molecule has 0 radical (unpaired) electrons. The fourth-order valence-electron chi connectivity index (χ4n) is 7.00. The van der Waals surface area contributed by atoms with Gasteiger partial charge in [-0.25, -0.2) is 19.6 Å². The van der Waals surface area contributed by atoms with E-state index in [1.807, 2.05) is 97.1 Å². The fraction of sp³-hybridized carbons (Fsp3) is 0.0400. The number of aromatic amines is 2. The number of esters is 2. The van der Waals surface area contributed by atoms with Crippen LogP contribution in [0.3, 0.4) is 0 Å². The highest BCUT2D eigenvalue weighted by molar-refractivity contribution is 5.97. The lowest BCUT2D eigenvalue weighted by Crippen LogP contribution is -2.00. The van der Waals surface area contributed by atoms with E-state index < -0.39 is 11.9 Å². The van der Waals surface area contributed by atoms with Gasteiger partial charge in [-0.1, -0.05) is 47.9 Å². The third-order valence-electron chi connectivity index (χ3n) is 9.97. The Bertz CT molecular complexity index is 2980. The summed E-state index contributed by atoms with van der Waals surface area (Å²) in [5.74, 6) is 12.6. The first-order valence-corrected chi connectivity index (χ1v) is 18.8. The third-order valence-corrected chi connectivity index (χ3v) is 9.97. The van der Waals surface area contributed by atoms with Crippen LogP contribution < -0.4 is 0 Å². The molecule has 0 aliphatic carbocycles. The maximum absolute atomic E-state index is 12.4. The molecule has 2 N–H and O–H groups in total. The highest BCUT2D eigenvalue weighted by atomic mass is 16.5. The first-order valence-electron chi connectivity index (χ1n) is 18.8. The van der Waals surface area contributed by atoms with Crippen LogP contribution in [0, 0.1) is 23.7 Å². The maximum atomic E-state index is 12.4. The van der Waals surface area contributed by atoms with Gasteiger partial charge < -0.3 is 19.4 Å². The molecule has 0 saturated heterocycles. The van der Waals surface area contributed by atoms with Gasteiger partial charge >= 0.3 is 11.9 Å². The molecule has 2 aliphatic heterocycles. The SMILES string of the molecule is COC(=O)c1ccc(-c2c3nc(c(C#Cc4ccncc4)c4ccc([nH]4)c(-c4ccc(C(=O)OC)cc4)c4nc(c(C#Cc5ccncc5)c5ccc2[nH]5)C=C4)C=C3)cc1. The molecule has 0 fully saturated rings. The summed E-state index contributed by atoms with van der Waals surface area (Å²) in [6, 6.07) is 29.9. The minimum Gasteiger partial charge on any atom is -0.465 e. The minimum atomic E-state index is -0.426. The second-order valence-corrected chi connectivity index (χ2v) is 13.6. The Morgan fingerprint density at radius 3 is 1.20 bits per heavy atom. The average molecular weight is 781 g/mol. The van der Waals surface area contributed by atoms with E-state index in [4.69, 9.17) is 19.4 Å². The molecule has 0 saturated carbocycles. The number of carbonyl (C=O) groups is 2. The number of pyridine rings is 2. The summed E-state index contributed by atoms with van der Waals surface area (Å²) in [5, 5.41) is 0. The second-order valence-electron chi connectivity index (χ2n) is 13.6. The van der Waals surface area contributed by atoms with Gasteiger partial charge in [0, 0.05) is 58.1 Å². The molecule has 286 valence electrons. The number of benzene rings is 2. The molecule has 0 amide bonds. The molecule has 8 bridgehead atoms. The molecule has 0 unspecified atom stereocenters. The van der Waals surface area contributed by atoms with Crippen molar-refractivity contribution >= 4 is 58.3 Å². The Labute approximate surface area is 344 Å². The number of hydrogen-bond donors (Lipinski definition) is 2. The lowest BCUT2D eigenvalue weighted by Gasteiger charge is -2.06. The molecular formula is C50H32N6O4. The van der Waals surface area contributed by atoms with E-state index in [1.54, 1.807) is 49.1 Å². The van der Waals surface area contributed by atoms with Gasteiger partial charge in [0.15, 0.2) is 0 Å². The van der Waals surface area contributed by atoms with E-state index in [2.05, 4.69) is 43.6 Å². The highest BCUT2D eigenvalue weighted by Gasteiger charge is 2.18. The van der Waals surface area contributed by atoms with E-state index in [9.17, 15) is 9.59 Å². The minimum absolute atomic E-state index is 0.426. The van der Waals surface area contributed by atoms with Gasteiger partial charge in [-0.15, -0.1) is 0 Å². The summed E-state index contributed by atoms with van der Waals surface area (Å²) in [6.45, 7) is 0. The van der Waals surface area contributed by atoms with Crippen molar-refractivity contribution in [2.75, 3.05) is 14.2 Å². The third kappa shape index (κ3) is 7.36. The van der Waals surface area contributed by atoms with Crippen LogP contribution in [0.15, 0.2) is 122 Å². The number of fused-ring (bicyclic) bond motifs is 8. The van der Waals surface area contributed by atoms with Crippen molar-refractivity contribution in [3.05, 3.63) is 178 Å². The van der Waals surface area contributed by atoms with Crippen LogP contribution in [0.5, 0.6) is 0 Å². The van der Waals surface area contributed by atoms with Crippen molar-refractivity contribution in [1.82, 2.24) is 29.9 Å². The van der Waals surface area contributed by atoms with Crippen LogP contribution in [0.2, 0.25) is 0 Å². The molecule has 2 aliphatic rings. The molecular weight excluding hydrogens is 749 g/mol. The van der Waals surface area contributed by atoms with Gasteiger partial charge in [0.25, 0.3) is 0 Å². The number of aromatic nitrogens is 6. The fourth-order valence-corrected chi connectivity index (χ4v) is 7.00. The van der Waals surface area contributed by atoms with Crippen molar-refractivity contribution in [2.24, 2.45) is 0 Å². The summed E-state index contributed by atoms with van der Waals surface area (Å²) < 4.78 is 9.96. The predicted octanol–water partition coefficient (Wildman–Crippen LogP) is 9.15. The van der Waals surface area contributed by atoms with Crippen LogP contribution in [0.25, 0.3) is 68.6 Å². The van der Waals surface area contributed by atoms with Crippen LogP contribution in [0.4, 0.5) is 0 Å². The molecule has 10 heteroatoms. The van der Waals surface area contributed by atoms with Crippen molar-refractivity contribution in [3.63, 3.8) is 0 Å². The summed E-state index contributed by atoms with van der Waals surface area (Å²) in [5.41, 5.74) is 12.7. The quantitative estimate of drug-likeness (QED) is 0.133. The maximum Gasteiger partial charge on any atom is 0.337 e. The number of hydrogen-bond acceptors (Lipinski definition) is 8. The van der Waals surface area contributed by atoms with Gasteiger partial charge in [0.05, 0.1) is 70.3 Å². The molecule has 7 heterocycles. The zero-order chi connectivity index (χ0) is 41.0. The molecule has 9 rings (SSSR count). The van der Waals surface area contributed by atoms with Gasteiger partial charge in [-0.05, 0) is 108 Å². The van der Waals surface area contributed by atoms with Crippen molar-refractivity contribution in [3.8, 4) is 45.9 Å². The number of methoxy groups -OCH3 is 2. The summed E-state index contributed by atoms with van der Waals surface area (Å²) >= 11 is 0. The second kappa shape index (κ2) is 16.1. The largest absolute Gasteiger partial charge is 0.465 e. The van der Waals surface area contributed by atoms with Crippen molar-refractivity contribution in [1.29, 1.82) is 0 Å². The normalized spacial score (nSPS) is 11.2. The number of ether oxygens (including phenoxy) is 2. The summed E-state index contributed by atoms with van der Waals surface area (Å²) in [4.78, 5) is 50.9. The zero-order valence-corrected chi connectivity index (χ0v) is 32.3. The predicted molar refractivity (Wildman–Crippen MR) is 233 cm³/mol. The van der Waals surface area contributed by atoms with Crippen LogP contribution in [-0.4, -0.2) is 56.1 Å². The zero-order valence-electron chi connectivity index (χ0n) is 32.3. The van der Waals surface area contributed by atoms with Gasteiger partial charge in [-0.2, -0.15) is 0 Å². The monoisotopic (exact) mass is 780 g/mol. The highest BCUT2D eigenvalue weighted by Crippen LogP contribution is 2.34. The van der Waals surface area contributed by atoms with Crippen molar-refractivity contribution in [2.45, 2.75) is 0 Å².